The van der Waals surface area contributed by atoms with Crippen LogP contribution in [-0.4, -0.2) is 12.5 Å². The Morgan fingerprint density at radius 2 is 1.80 bits per heavy atom. The van der Waals surface area contributed by atoms with Gasteiger partial charge < -0.3 is 5.32 Å². The summed E-state index contributed by atoms with van der Waals surface area (Å²) in [5.74, 6) is 0.316. The van der Waals surface area contributed by atoms with Gasteiger partial charge in [-0.15, -0.1) is 0 Å². The summed E-state index contributed by atoms with van der Waals surface area (Å²) in [6, 6.07) is 16.1. The van der Waals surface area contributed by atoms with Crippen LogP contribution in [0.2, 0.25) is 0 Å². The Hall–Kier alpha value is -2.09. The standard InChI is InChI=1S/C18H21NO/c1-13-9-10-17(14(2)11-13)18(20)19-12-15(3)16-7-5-4-6-8-16/h4-11,15H,12H2,1-3H3,(H,19,20). The first-order valence-corrected chi connectivity index (χ1v) is 6.98. The fourth-order valence-corrected chi connectivity index (χ4v) is 2.31. The van der Waals surface area contributed by atoms with Crippen molar-refractivity contribution in [2.45, 2.75) is 26.7 Å². The van der Waals surface area contributed by atoms with Gasteiger partial charge in [-0.2, -0.15) is 0 Å². The molecule has 0 heterocycles. The van der Waals surface area contributed by atoms with Gasteiger partial charge in [0.1, 0.15) is 0 Å². The summed E-state index contributed by atoms with van der Waals surface area (Å²) >= 11 is 0. The molecular weight excluding hydrogens is 246 g/mol. The van der Waals surface area contributed by atoms with Crippen LogP contribution in [0.1, 0.15) is 39.9 Å². The van der Waals surface area contributed by atoms with Crippen molar-refractivity contribution in [2.24, 2.45) is 0 Å². The number of nitrogens with one attached hydrogen (secondary N) is 1. The van der Waals surface area contributed by atoms with Crippen LogP contribution < -0.4 is 5.32 Å². The topological polar surface area (TPSA) is 29.1 Å². The van der Waals surface area contributed by atoms with E-state index in [0.717, 1.165) is 11.1 Å². The summed E-state index contributed by atoms with van der Waals surface area (Å²) in [4.78, 5) is 12.2. The quantitative estimate of drug-likeness (QED) is 0.896. The molecule has 0 saturated carbocycles. The van der Waals surface area contributed by atoms with E-state index in [1.807, 2.05) is 50.2 Å². The Balaban J connectivity index is 1.99. The van der Waals surface area contributed by atoms with Gasteiger partial charge in [0.05, 0.1) is 0 Å². The minimum Gasteiger partial charge on any atom is -0.351 e. The van der Waals surface area contributed by atoms with E-state index in [9.17, 15) is 4.79 Å². The molecule has 0 aromatic heterocycles. The number of carbonyl (C=O) groups excluding carboxylic acids is 1. The molecule has 1 amide bonds. The molecule has 20 heavy (non-hydrogen) atoms. The van der Waals surface area contributed by atoms with Crippen LogP contribution in [0.25, 0.3) is 0 Å². The van der Waals surface area contributed by atoms with Gasteiger partial charge in [-0.3, -0.25) is 4.79 Å². The molecule has 0 aliphatic heterocycles. The maximum atomic E-state index is 12.2. The van der Waals surface area contributed by atoms with Crippen LogP contribution in [0, 0.1) is 13.8 Å². The normalized spacial score (nSPS) is 11.9. The maximum Gasteiger partial charge on any atom is 0.251 e. The Morgan fingerprint density at radius 3 is 2.45 bits per heavy atom. The summed E-state index contributed by atoms with van der Waals surface area (Å²) in [5.41, 5.74) is 4.20. The largest absolute Gasteiger partial charge is 0.351 e. The Kier molecular flexibility index (Phi) is 4.57. The second-order valence-electron chi connectivity index (χ2n) is 5.34. The van der Waals surface area contributed by atoms with Crippen LogP contribution in [0.3, 0.4) is 0 Å². The van der Waals surface area contributed by atoms with E-state index >= 15 is 0 Å². The van der Waals surface area contributed by atoms with Crippen molar-refractivity contribution in [3.63, 3.8) is 0 Å². The van der Waals surface area contributed by atoms with Gasteiger partial charge in [-0.25, -0.2) is 0 Å². The van der Waals surface area contributed by atoms with Gasteiger partial charge in [0.2, 0.25) is 0 Å². The number of benzene rings is 2. The molecule has 2 heteroatoms. The molecular formula is C18H21NO. The summed E-state index contributed by atoms with van der Waals surface area (Å²) in [6.07, 6.45) is 0. The number of hydrogen-bond acceptors (Lipinski definition) is 1. The summed E-state index contributed by atoms with van der Waals surface area (Å²) in [5, 5.41) is 3.02. The highest BCUT2D eigenvalue weighted by Gasteiger charge is 2.11. The van der Waals surface area contributed by atoms with E-state index in [4.69, 9.17) is 0 Å². The highest BCUT2D eigenvalue weighted by molar-refractivity contribution is 5.95. The van der Waals surface area contributed by atoms with Gasteiger partial charge in [0.15, 0.2) is 0 Å². The Labute approximate surface area is 120 Å². The monoisotopic (exact) mass is 267 g/mol. The first-order chi connectivity index (χ1) is 9.58. The molecule has 0 radical (unpaired) electrons. The van der Waals surface area contributed by atoms with Crippen molar-refractivity contribution in [1.29, 1.82) is 0 Å². The molecule has 0 spiro atoms. The minimum absolute atomic E-state index is 0.00489. The molecule has 104 valence electrons. The average molecular weight is 267 g/mol. The molecule has 1 atom stereocenters. The zero-order valence-electron chi connectivity index (χ0n) is 12.3. The molecule has 2 aromatic rings. The van der Waals surface area contributed by atoms with Gasteiger partial charge in [0, 0.05) is 12.1 Å². The lowest BCUT2D eigenvalue weighted by molar-refractivity contribution is 0.0951. The van der Waals surface area contributed by atoms with Gasteiger partial charge >= 0.3 is 0 Å². The second kappa shape index (κ2) is 6.38. The third-order valence-electron chi connectivity index (χ3n) is 3.56. The molecule has 2 aromatic carbocycles. The molecule has 0 saturated heterocycles. The molecule has 2 nitrogen and oxygen atoms in total. The smallest absolute Gasteiger partial charge is 0.251 e. The first-order valence-electron chi connectivity index (χ1n) is 6.98. The third kappa shape index (κ3) is 3.47. The first kappa shape index (κ1) is 14.3. The number of rotatable bonds is 4. The van der Waals surface area contributed by atoms with Gasteiger partial charge in [-0.1, -0.05) is 55.0 Å². The van der Waals surface area contributed by atoms with Crippen molar-refractivity contribution in [3.05, 3.63) is 70.8 Å². The van der Waals surface area contributed by atoms with Crippen LogP contribution in [0.15, 0.2) is 48.5 Å². The van der Waals surface area contributed by atoms with E-state index < -0.39 is 0 Å². The van der Waals surface area contributed by atoms with Crippen molar-refractivity contribution in [1.82, 2.24) is 5.32 Å². The molecule has 1 unspecified atom stereocenters. The zero-order chi connectivity index (χ0) is 14.5. The third-order valence-corrected chi connectivity index (χ3v) is 3.56. The molecule has 2 rings (SSSR count). The van der Waals surface area contributed by atoms with E-state index in [1.165, 1.54) is 11.1 Å². The highest BCUT2D eigenvalue weighted by atomic mass is 16.1. The zero-order valence-corrected chi connectivity index (χ0v) is 12.3. The van der Waals surface area contributed by atoms with Crippen molar-refractivity contribution >= 4 is 5.91 Å². The number of carbonyl (C=O) groups is 1. The van der Waals surface area contributed by atoms with Crippen molar-refractivity contribution < 1.29 is 4.79 Å². The number of amides is 1. The maximum absolute atomic E-state index is 12.2. The molecule has 0 fully saturated rings. The van der Waals surface area contributed by atoms with Crippen LogP contribution in [0.5, 0.6) is 0 Å². The summed E-state index contributed by atoms with van der Waals surface area (Å²) < 4.78 is 0. The summed E-state index contributed by atoms with van der Waals surface area (Å²) in [6.45, 7) is 6.78. The highest BCUT2D eigenvalue weighted by Crippen LogP contribution is 2.14. The molecule has 0 bridgehead atoms. The predicted octanol–water partition coefficient (Wildman–Crippen LogP) is 3.84. The lowest BCUT2D eigenvalue weighted by atomic mass is 10.0. The Morgan fingerprint density at radius 1 is 1.10 bits per heavy atom. The molecule has 0 aliphatic carbocycles. The molecule has 1 N–H and O–H groups in total. The van der Waals surface area contributed by atoms with Crippen molar-refractivity contribution in [3.8, 4) is 0 Å². The minimum atomic E-state index is 0.00489. The van der Waals surface area contributed by atoms with Gasteiger partial charge in [-0.05, 0) is 37.0 Å². The number of hydrogen-bond donors (Lipinski definition) is 1. The SMILES string of the molecule is Cc1ccc(C(=O)NCC(C)c2ccccc2)c(C)c1. The van der Waals surface area contributed by atoms with Crippen molar-refractivity contribution in [2.75, 3.05) is 6.54 Å². The average Bonchev–Trinajstić information content (AvgIpc) is 2.45. The van der Waals surface area contributed by atoms with Crippen LogP contribution in [0.4, 0.5) is 0 Å². The van der Waals surface area contributed by atoms with Gasteiger partial charge in [0.25, 0.3) is 5.91 Å². The lowest BCUT2D eigenvalue weighted by Gasteiger charge is -2.14. The van der Waals surface area contributed by atoms with E-state index in [-0.39, 0.29) is 5.91 Å². The van der Waals surface area contributed by atoms with E-state index in [0.29, 0.717) is 12.5 Å². The van der Waals surface area contributed by atoms with Crippen LogP contribution in [-0.2, 0) is 0 Å². The van der Waals surface area contributed by atoms with Crippen LogP contribution >= 0.6 is 0 Å². The predicted molar refractivity (Wildman–Crippen MR) is 83.1 cm³/mol. The lowest BCUT2D eigenvalue weighted by Crippen LogP contribution is -2.28. The number of aryl methyl sites for hydroxylation is 2. The van der Waals surface area contributed by atoms with E-state index in [2.05, 4.69) is 24.4 Å². The molecule has 0 aliphatic rings. The Bertz CT molecular complexity index is 590. The van der Waals surface area contributed by atoms with E-state index in [1.54, 1.807) is 0 Å². The summed E-state index contributed by atoms with van der Waals surface area (Å²) in [7, 11) is 0. The second-order valence-corrected chi connectivity index (χ2v) is 5.34. The fourth-order valence-electron chi connectivity index (χ4n) is 2.31. The fraction of sp³-hybridized carbons (Fsp3) is 0.278.